The first-order valence-electron chi connectivity index (χ1n) is 14.6. The molecule has 3 unspecified atom stereocenters. The van der Waals surface area contributed by atoms with E-state index in [4.69, 9.17) is 28.8 Å². The topological polar surface area (TPSA) is 178 Å². The summed E-state index contributed by atoms with van der Waals surface area (Å²) in [5.41, 5.74) is 1.10. The van der Waals surface area contributed by atoms with E-state index in [-0.39, 0.29) is 44.0 Å². The number of nitrogens with zero attached hydrogens (tertiary/aromatic N) is 1. The number of carbonyl (C=O) groups excluding carboxylic acids is 4. The van der Waals surface area contributed by atoms with Crippen molar-refractivity contribution in [3.8, 4) is 5.75 Å². The molecule has 3 atom stereocenters. The van der Waals surface area contributed by atoms with Gasteiger partial charge in [0.1, 0.15) is 12.4 Å². The smallest absolute Gasteiger partial charge is 0.311 e. The normalized spacial score (nSPS) is 19.7. The summed E-state index contributed by atoms with van der Waals surface area (Å²) < 4.78 is 23.1. The number of amides is 3. The van der Waals surface area contributed by atoms with Crippen molar-refractivity contribution >= 4 is 30.2 Å². The van der Waals surface area contributed by atoms with E-state index < -0.39 is 29.6 Å². The third-order valence-electron chi connectivity index (χ3n) is 6.59. The number of esters is 1. The van der Waals surface area contributed by atoms with Crippen molar-refractivity contribution in [1.29, 1.82) is 0 Å². The average molecular weight is 621 g/mol. The highest BCUT2D eigenvalue weighted by Gasteiger charge is 2.28. The summed E-state index contributed by atoms with van der Waals surface area (Å²) in [5.74, 6) is -0.838. The van der Waals surface area contributed by atoms with Crippen molar-refractivity contribution in [2.24, 2.45) is 5.41 Å². The molecule has 1 aromatic carbocycles. The van der Waals surface area contributed by atoms with Crippen LogP contribution in [0.4, 0.5) is 0 Å². The van der Waals surface area contributed by atoms with Crippen LogP contribution in [0.3, 0.4) is 0 Å². The molecule has 13 nitrogen and oxygen atoms in total. The maximum Gasteiger partial charge on any atom is 0.311 e. The van der Waals surface area contributed by atoms with Crippen LogP contribution in [0.5, 0.6) is 5.75 Å². The molecule has 0 aromatic heterocycles. The van der Waals surface area contributed by atoms with E-state index in [2.05, 4.69) is 5.32 Å². The maximum atomic E-state index is 12.4. The molecule has 0 saturated carbocycles. The van der Waals surface area contributed by atoms with Crippen molar-refractivity contribution in [3.05, 3.63) is 41.5 Å². The van der Waals surface area contributed by atoms with Crippen LogP contribution >= 0.6 is 0 Å². The van der Waals surface area contributed by atoms with Gasteiger partial charge in [-0.2, -0.15) is 0 Å². The third-order valence-corrected chi connectivity index (χ3v) is 6.59. The monoisotopic (exact) mass is 620 g/mol. The van der Waals surface area contributed by atoms with Gasteiger partial charge in [0.05, 0.1) is 24.2 Å². The SMILES string of the molecule is CC1CC(O)CC(Oc2ccc(CCCOCCNC(=O)CCN3C(=O)C=CC3=O)cc2COC(=O)C(C)(C)C)O1.O=CO. The van der Waals surface area contributed by atoms with E-state index >= 15 is 0 Å². The Balaban J connectivity index is 0.00000216. The molecular formula is C31H44N2O11. The number of rotatable bonds is 14. The second kappa shape index (κ2) is 18.1. The third kappa shape index (κ3) is 12.8. The lowest BCUT2D eigenvalue weighted by Gasteiger charge is -2.32. The first-order chi connectivity index (χ1) is 20.8. The zero-order valence-electron chi connectivity index (χ0n) is 25.8. The molecule has 1 aromatic rings. The number of benzene rings is 1. The summed E-state index contributed by atoms with van der Waals surface area (Å²) in [6.07, 6.45) is 3.59. The molecule has 1 fully saturated rings. The van der Waals surface area contributed by atoms with Crippen molar-refractivity contribution in [2.45, 2.75) is 84.9 Å². The first-order valence-corrected chi connectivity index (χ1v) is 14.6. The molecule has 0 spiro atoms. The van der Waals surface area contributed by atoms with Gasteiger partial charge < -0.3 is 34.5 Å². The van der Waals surface area contributed by atoms with E-state index in [9.17, 15) is 24.3 Å². The average Bonchev–Trinajstić information content (AvgIpc) is 3.26. The Morgan fingerprint density at radius 3 is 2.45 bits per heavy atom. The first kappa shape index (κ1) is 36.4. The van der Waals surface area contributed by atoms with Gasteiger partial charge in [-0.05, 0) is 64.7 Å². The fourth-order valence-electron chi connectivity index (χ4n) is 4.36. The van der Waals surface area contributed by atoms with Gasteiger partial charge in [-0.3, -0.25) is 28.9 Å². The zero-order chi connectivity index (χ0) is 32.7. The van der Waals surface area contributed by atoms with Crippen molar-refractivity contribution in [1.82, 2.24) is 10.2 Å². The Bertz CT molecular complexity index is 1130. The molecule has 0 radical (unpaired) electrons. The number of aryl methyl sites for hydroxylation is 1. The largest absolute Gasteiger partial charge is 0.483 e. The number of hydrogen-bond acceptors (Lipinski definition) is 10. The van der Waals surface area contributed by atoms with Gasteiger partial charge in [-0.25, -0.2) is 0 Å². The lowest BCUT2D eigenvalue weighted by Crippen LogP contribution is -2.37. The molecule has 3 amide bonds. The van der Waals surface area contributed by atoms with Crippen molar-refractivity contribution in [3.63, 3.8) is 0 Å². The van der Waals surface area contributed by atoms with Crippen LogP contribution in [0, 0.1) is 5.41 Å². The van der Waals surface area contributed by atoms with Gasteiger partial charge in [0.25, 0.3) is 18.3 Å². The number of carboxylic acid groups (broad SMARTS) is 1. The van der Waals surface area contributed by atoms with Gasteiger partial charge in [0.2, 0.25) is 12.2 Å². The van der Waals surface area contributed by atoms with Crippen LogP contribution in [-0.2, 0) is 51.2 Å². The quantitative estimate of drug-likeness (QED) is 0.120. The predicted molar refractivity (Wildman–Crippen MR) is 157 cm³/mol. The Hall–Kier alpha value is -3.81. The second-order valence-corrected chi connectivity index (χ2v) is 11.5. The molecule has 13 heteroatoms. The van der Waals surface area contributed by atoms with Crippen LogP contribution in [0.25, 0.3) is 0 Å². The Morgan fingerprint density at radius 2 is 1.82 bits per heavy atom. The van der Waals surface area contributed by atoms with E-state index in [0.717, 1.165) is 16.9 Å². The number of aliphatic hydroxyl groups is 1. The number of ether oxygens (including phenoxy) is 4. The molecule has 2 aliphatic heterocycles. The summed E-state index contributed by atoms with van der Waals surface area (Å²) >= 11 is 0. The molecule has 3 N–H and O–H groups in total. The van der Waals surface area contributed by atoms with Crippen LogP contribution in [0.15, 0.2) is 30.4 Å². The highest BCUT2D eigenvalue weighted by Crippen LogP contribution is 2.28. The molecule has 244 valence electrons. The summed E-state index contributed by atoms with van der Waals surface area (Å²) in [4.78, 5) is 56.8. The van der Waals surface area contributed by atoms with Crippen LogP contribution in [-0.4, -0.2) is 90.1 Å². The Kier molecular flexibility index (Phi) is 15.0. The van der Waals surface area contributed by atoms with E-state index in [1.165, 1.54) is 12.2 Å². The molecule has 3 rings (SSSR count). The van der Waals surface area contributed by atoms with Crippen LogP contribution in [0.1, 0.15) is 64.5 Å². The standard InChI is InChI=1S/C30H42N2O9.CH2O2/c1-20-16-23(33)18-28(40-20)41-24-8-7-21(17-22(24)19-39-29(37)30(2,3)4)6-5-14-38-15-12-31-25(34)11-13-32-26(35)9-10-27(32)36;2-1-3/h7-10,17,20,23,28,33H,5-6,11-16,18-19H2,1-4H3,(H,31,34);1H,(H,2,3). The number of aliphatic hydroxyl groups excluding tert-OH is 1. The number of nitrogens with one attached hydrogen (secondary N) is 1. The Labute approximate surface area is 257 Å². The van der Waals surface area contributed by atoms with E-state index in [1.54, 1.807) is 20.8 Å². The highest BCUT2D eigenvalue weighted by molar-refractivity contribution is 6.13. The molecule has 2 heterocycles. The van der Waals surface area contributed by atoms with Crippen molar-refractivity contribution < 1.29 is 53.1 Å². The maximum absolute atomic E-state index is 12.4. The predicted octanol–water partition coefficient (Wildman–Crippen LogP) is 2.12. The second-order valence-electron chi connectivity index (χ2n) is 11.5. The van der Waals surface area contributed by atoms with E-state index in [1.807, 2.05) is 25.1 Å². The molecular weight excluding hydrogens is 576 g/mol. The lowest BCUT2D eigenvalue weighted by molar-refractivity contribution is -0.170. The fraction of sp³-hybridized carbons (Fsp3) is 0.581. The number of carbonyl (C=O) groups is 5. The van der Waals surface area contributed by atoms with E-state index in [0.29, 0.717) is 50.3 Å². The van der Waals surface area contributed by atoms with Crippen molar-refractivity contribution in [2.75, 3.05) is 26.3 Å². The van der Waals surface area contributed by atoms with Gasteiger partial charge >= 0.3 is 5.97 Å². The Morgan fingerprint density at radius 1 is 1.14 bits per heavy atom. The number of hydrogen-bond donors (Lipinski definition) is 3. The fourth-order valence-corrected chi connectivity index (χ4v) is 4.36. The van der Waals surface area contributed by atoms with Gasteiger partial charge in [-0.15, -0.1) is 0 Å². The van der Waals surface area contributed by atoms with Crippen LogP contribution in [0.2, 0.25) is 0 Å². The highest BCUT2D eigenvalue weighted by atomic mass is 16.7. The summed E-state index contributed by atoms with van der Waals surface area (Å²) in [6, 6.07) is 5.72. The van der Waals surface area contributed by atoms with Crippen LogP contribution < -0.4 is 10.1 Å². The van der Waals surface area contributed by atoms with Gasteiger partial charge in [0, 0.05) is 50.3 Å². The minimum atomic E-state index is -0.634. The molecule has 1 saturated heterocycles. The summed E-state index contributed by atoms with van der Waals surface area (Å²) in [6.45, 7) is 8.27. The van der Waals surface area contributed by atoms with Gasteiger partial charge in [-0.1, -0.05) is 6.07 Å². The molecule has 0 bridgehead atoms. The molecule has 44 heavy (non-hydrogen) atoms. The zero-order valence-corrected chi connectivity index (χ0v) is 25.8. The summed E-state index contributed by atoms with van der Waals surface area (Å²) in [7, 11) is 0. The molecule has 0 aliphatic carbocycles. The van der Waals surface area contributed by atoms with Gasteiger partial charge in [0.15, 0.2) is 0 Å². The molecule has 2 aliphatic rings. The lowest BCUT2D eigenvalue weighted by atomic mass is 9.97. The number of imide groups is 1. The minimum absolute atomic E-state index is 0.0404. The summed E-state index contributed by atoms with van der Waals surface area (Å²) in [5, 5.41) is 19.7. The minimum Gasteiger partial charge on any atom is -0.483 e.